The standard InChI is InChI=1S/C15H23N3O.ClH/c1-11-5-3-4-6-14(11)17-15(19)10-18-8-7-13(16)12(2)9-18;/h3-6,12-13H,7-10,16H2,1-2H3,(H,17,19);1H. The number of anilines is 1. The summed E-state index contributed by atoms with van der Waals surface area (Å²) in [6.45, 7) is 6.41. The van der Waals surface area contributed by atoms with Crippen LogP contribution in [0.2, 0.25) is 0 Å². The molecule has 1 fully saturated rings. The molecule has 1 saturated heterocycles. The highest BCUT2D eigenvalue weighted by molar-refractivity contribution is 5.92. The van der Waals surface area contributed by atoms with E-state index in [1.165, 1.54) is 0 Å². The van der Waals surface area contributed by atoms with E-state index in [9.17, 15) is 4.79 Å². The number of likely N-dealkylation sites (tertiary alicyclic amines) is 1. The zero-order valence-electron chi connectivity index (χ0n) is 12.1. The third-order valence-electron chi connectivity index (χ3n) is 3.84. The van der Waals surface area contributed by atoms with E-state index in [0.29, 0.717) is 12.5 Å². The molecule has 0 aromatic heterocycles. The molecule has 0 spiro atoms. The van der Waals surface area contributed by atoms with Crippen LogP contribution >= 0.6 is 12.4 Å². The van der Waals surface area contributed by atoms with E-state index >= 15 is 0 Å². The van der Waals surface area contributed by atoms with Crippen molar-refractivity contribution in [2.24, 2.45) is 11.7 Å². The highest BCUT2D eigenvalue weighted by atomic mass is 35.5. The SMILES string of the molecule is Cc1ccccc1NC(=O)CN1CCC(N)C(C)C1.Cl. The Balaban J connectivity index is 0.00000200. The Morgan fingerprint density at radius 2 is 2.15 bits per heavy atom. The van der Waals surface area contributed by atoms with Gasteiger partial charge < -0.3 is 11.1 Å². The molecule has 0 aliphatic carbocycles. The van der Waals surface area contributed by atoms with Gasteiger partial charge in [0.05, 0.1) is 6.54 Å². The predicted octanol–water partition coefficient (Wildman–Crippen LogP) is 2.02. The molecule has 1 amide bonds. The quantitative estimate of drug-likeness (QED) is 0.897. The summed E-state index contributed by atoms with van der Waals surface area (Å²) in [5.41, 5.74) is 7.97. The Kier molecular flexibility index (Phi) is 6.46. The normalized spacial score (nSPS) is 22.9. The van der Waals surface area contributed by atoms with Gasteiger partial charge in [0, 0.05) is 24.8 Å². The Labute approximate surface area is 127 Å². The van der Waals surface area contributed by atoms with Crippen LogP contribution in [0, 0.1) is 12.8 Å². The lowest BCUT2D eigenvalue weighted by molar-refractivity contribution is -0.117. The van der Waals surface area contributed by atoms with Crippen LogP contribution in [0.15, 0.2) is 24.3 Å². The van der Waals surface area contributed by atoms with Gasteiger partial charge in [0.2, 0.25) is 5.91 Å². The number of carbonyl (C=O) groups is 1. The molecule has 1 aliphatic heterocycles. The summed E-state index contributed by atoms with van der Waals surface area (Å²) >= 11 is 0. The molecule has 3 N–H and O–H groups in total. The van der Waals surface area contributed by atoms with E-state index in [0.717, 1.165) is 30.8 Å². The Morgan fingerprint density at radius 3 is 2.80 bits per heavy atom. The first kappa shape index (κ1) is 17.0. The molecule has 1 heterocycles. The molecular formula is C15H24ClN3O. The molecule has 2 unspecified atom stereocenters. The van der Waals surface area contributed by atoms with Crippen molar-refractivity contribution >= 4 is 24.0 Å². The number of hydrogen-bond donors (Lipinski definition) is 2. The molecule has 0 saturated carbocycles. The largest absolute Gasteiger partial charge is 0.327 e. The highest BCUT2D eigenvalue weighted by Gasteiger charge is 2.24. The van der Waals surface area contributed by atoms with Crippen LogP contribution in [-0.2, 0) is 4.79 Å². The first-order valence-electron chi connectivity index (χ1n) is 6.89. The average molecular weight is 298 g/mol. The number of nitrogens with zero attached hydrogens (tertiary/aromatic N) is 1. The first-order valence-corrected chi connectivity index (χ1v) is 6.89. The zero-order chi connectivity index (χ0) is 13.8. The lowest BCUT2D eigenvalue weighted by Gasteiger charge is -2.34. The molecule has 20 heavy (non-hydrogen) atoms. The first-order chi connectivity index (χ1) is 9.06. The predicted molar refractivity (Wildman–Crippen MR) is 85.3 cm³/mol. The topological polar surface area (TPSA) is 58.4 Å². The molecule has 5 heteroatoms. The lowest BCUT2D eigenvalue weighted by Crippen LogP contribution is -2.48. The van der Waals surface area contributed by atoms with Gasteiger partial charge in [-0.15, -0.1) is 12.4 Å². The van der Waals surface area contributed by atoms with E-state index in [4.69, 9.17) is 5.73 Å². The van der Waals surface area contributed by atoms with Gasteiger partial charge in [-0.05, 0) is 30.9 Å². The number of nitrogens with two attached hydrogens (primary N) is 1. The van der Waals surface area contributed by atoms with Crippen molar-refractivity contribution in [2.45, 2.75) is 26.3 Å². The van der Waals surface area contributed by atoms with Gasteiger partial charge in [-0.1, -0.05) is 25.1 Å². The monoisotopic (exact) mass is 297 g/mol. The summed E-state index contributed by atoms with van der Waals surface area (Å²) < 4.78 is 0. The van der Waals surface area contributed by atoms with Gasteiger partial charge in [-0.3, -0.25) is 9.69 Å². The van der Waals surface area contributed by atoms with Crippen molar-refractivity contribution in [1.29, 1.82) is 0 Å². The van der Waals surface area contributed by atoms with E-state index in [1.807, 2.05) is 31.2 Å². The number of nitrogens with one attached hydrogen (secondary N) is 1. The summed E-state index contributed by atoms with van der Waals surface area (Å²) in [5.74, 6) is 0.511. The number of amides is 1. The van der Waals surface area contributed by atoms with Gasteiger partial charge in [-0.25, -0.2) is 0 Å². The van der Waals surface area contributed by atoms with Crippen LogP contribution in [0.1, 0.15) is 18.9 Å². The van der Waals surface area contributed by atoms with Gasteiger partial charge >= 0.3 is 0 Å². The van der Waals surface area contributed by atoms with Gasteiger partial charge in [0.15, 0.2) is 0 Å². The summed E-state index contributed by atoms with van der Waals surface area (Å²) in [6.07, 6.45) is 0.971. The Morgan fingerprint density at radius 1 is 1.45 bits per heavy atom. The number of piperidine rings is 1. The molecule has 2 atom stereocenters. The molecule has 2 rings (SSSR count). The van der Waals surface area contributed by atoms with Gasteiger partial charge in [-0.2, -0.15) is 0 Å². The van der Waals surface area contributed by atoms with Crippen molar-refractivity contribution in [3.05, 3.63) is 29.8 Å². The second-order valence-corrected chi connectivity index (χ2v) is 5.53. The molecule has 1 aliphatic rings. The summed E-state index contributed by atoms with van der Waals surface area (Å²) in [4.78, 5) is 14.2. The molecule has 1 aromatic rings. The lowest BCUT2D eigenvalue weighted by atomic mass is 9.95. The van der Waals surface area contributed by atoms with Crippen molar-refractivity contribution < 1.29 is 4.79 Å². The molecule has 1 aromatic carbocycles. The fourth-order valence-electron chi connectivity index (χ4n) is 2.50. The molecule has 112 valence electrons. The number of hydrogen-bond acceptors (Lipinski definition) is 3. The van der Waals surface area contributed by atoms with Crippen LogP contribution in [0.3, 0.4) is 0 Å². The molecular weight excluding hydrogens is 274 g/mol. The smallest absolute Gasteiger partial charge is 0.238 e. The van der Waals surface area contributed by atoms with E-state index in [-0.39, 0.29) is 24.4 Å². The third kappa shape index (κ3) is 4.47. The van der Waals surface area contributed by atoms with E-state index < -0.39 is 0 Å². The van der Waals surface area contributed by atoms with Gasteiger partial charge in [0.1, 0.15) is 0 Å². The van der Waals surface area contributed by atoms with Crippen LogP contribution in [0.25, 0.3) is 0 Å². The van der Waals surface area contributed by atoms with E-state index in [2.05, 4.69) is 17.1 Å². The summed E-state index contributed by atoms with van der Waals surface area (Å²) in [5, 5.41) is 2.97. The maximum Gasteiger partial charge on any atom is 0.238 e. The van der Waals surface area contributed by atoms with Crippen LogP contribution in [0.5, 0.6) is 0 Å². The maximum atomic E-state index is 12.0. The second kappa shape index (κ2) is 7.62. The van der Waals surface area contributed by atoms with E-state index in [1.54, 1.807) is 0 Å². The highest BCUT2D eigenvalue weighted by Crippen LogP contribution is 2.16. The molecule has 0 radical (unpaired) electrons. The minimum atomic E-state index is 0. The summed E-state index contributed by atoms with van der Waals surface area (Å²) in [7, 11) is 0. The van der Waals surface area contributed by atoms with Crippen molar-refractivity contribution in [2.75, 3.05) is 25.0 Å². The second-order valence-electron chi connectivity index (χ2n) is 5.53. The number of carbonyl (C=O) groups excluding carboxylic acids is 1. The van der Waals surface area contributed by atoms with Crippen LogP contribution < -0.4 is 11.1 Å². The average Bonchev–Trinajstić information content (AvgIpc) is 2.37. The number of aryl methyl sites for hydroxylation is 1. The fourth-order valence-corrected chi connectivity index (χ4v) is 2.50. The summed E-state index contributed by atoms with van der Waals surface area (Å²) in [6, 6.07) is 8.11. The van der Waals surface area contributed by atoms with Crippen molar-refractivity contribution in [3.63, 3.8) is 0 Å². The number of halogens is 1. The van der Waals surface area contributed by atoms with Crippen molar-refractivity contribution in [3.8, 4) is 0 Å². The Hall–Kier alpha value is -1.10. The molecule has 0 bridgehead atoms. The minimum absolute atomic E-state index is 0. The maximum absolute atomic E-state index is 12.0. The van der Waals surface area contributed by atoms with Crippen LogP contribution in [0.4, 0.5) is 5.69 Å². The van der Waals surface area contributed by atoms with Crippen molar-refractivity contribution in [1.82, 2.24) is 4.90 Å². The number of rotatable bonds is 3. The van der Waals surface area contributed by atoms with Crippen LogP contribution in [-0.4, -0.2) is 36.5 Å². The van der Waals surface area contributed by atoms with Gasteiger partial charge in [0.25, 0.3) is 0 Å². The third-order valence-corrected chi connectivity index (χ3v) is 3.84. The number of para-hydroxylation sites is 1. The Bertz CT molecular complexity index is 452. The number of benzene rings is 1. The zero-order valence-corrected chi connectivity index (χ0v) is 13.0. The molecule has 4 nitrogen and oxygen atoms in total. The fraction of sp³-hybridized carbons (Fsp3) is 0.533. The minimum Gasteiger partial charge on any atom is -0.327 e.